The monoisotopic (exact) mass is 263 g/mol. The number of fused-ring (bicyclic) bond motifs is 1. The Morgan fingerprint density at radius 1 is 1.42 bits per heavy atom. The molecule has 3 heteroatoms. The first-order chi connectivity index (χ1) is 8.96. The van der Waals surface area contributed by atoms with E-state index in [0.29, 0.717) is 12.1 Å². The Hall–Kier alpha value is -0.800. The molecule has 3 unspecified atom stereocenters. The van der Waals surface area contributed by atoms with Gasteiger partial charge in [-0.05, 0) is 38.7 Å². The van der Waals surface area contributed by atoms with Crippen molar-refractivity contribution in [2.24, 2.45) is 5.41 Å². The van der Waals surface area contributed by atoms with E-state index in [1.54, 1.807) is 0 Å². The summed E-state index contributed by atoms with van der Waals surface area (Å²) in [6, 6.07) is 2.70. The van der Waals surface area contributed by atoms with Gasteiger partial charge in [0, 0.05) is 35.5 Å². The van der Waals surface area contributed by atoms with Crippen LogP contribution < -0.4 is 0 Å². The molecule has 1 N–H and O–H groups in total. The quantitative estimate of drug-likeness (QED) is 0.889. The molecule has 1 aromatic heterocycles. The molecule has 1 heterocycles. The van der Waals surface area contributed by atoms with Crippen LogP contribution in [-0.2, 0) is 11.2 Å². The summed E-state index contributed by atoms with van der Waals surface area (Å²) in [5.41, 5.74) is 4.00. The van der Waals surface area contributed by atoms with E-state index in [1.807, 2.05) is 7.11 Å². The van der Waals surface area contributed by atoms with Gasteiger partial charge in [0.2, 0.25) is 0 Å². The molecule has 3 rings (SSSR count). The van der Waals surface area contributed by atoms with Gasteiger partial charge in [0.15, 0.2) is 0 Å². The highest BCUT2D eigenvalue weighted by Gasteiger charge is 2.50. The zero-order valence-electron chi connectivity index (χ0n) is 12.4. The molecule has 2 aliphatic carbocycles. The zero-order valence-corrected chi connectivity index (χ0v) is 12.4. The molecule has 0 bridgehead atoms. The normalized spacial score (nSPS) is 32.8. The molecule has 1 saturated carbocycles. The molecule has 3 nitrogen and oxygen atoms in total. The van der Waals surface area contributed by atoms with Crippen molar-refractivity contribution in [3.8, 4) is 0 Å². The highest BCUT2D eigenvalue weighted by atomic mass is 16.5. The molecule has 19 heavy (non-hydrogen) atoms. The van der Waals surface area contributed by atoms with Crippen molar-refractivity contribution in [2.45, 2.75) is 64.7 Å². The van der Waals surface area contributed by atoms with Crippen LogP contribution in [-0.4, -0.2) is 22.9 Å². The molecule has 0 amide bonds. The number of methoxy groups -OCH3 is 1. The fraction of sp³-hybridized carbons (Fsp3) is 0.750. The van der Waals surface area contributed by atoms with E-state index >= 15 is 0 Å². The summed E-state index contributed by atoms with van der Waals surface area (Å²) >= 11 is 0. The fourth-order valence-electron chi connectivity index (χ4n) is 4.04. The Bertz CT molecular complexity index is 489. The van der Waals surface area contributed by atoms with Gasteiger partial charge in [0.1, 0.15) is 0 Å². The predicted molar refractivity (Wildman–Crippen MR) is 75.3 cm³/mol. The van der Waals surface area contributed by atoms with Crippen LogP contribution in [0.15, 0.2) is 6.07 Å². The van der Waals surface area contributed by atoms with Gasteiger partial charge >= 0.3 is 0 Å². The molecular formula is C16H25NO2. The van der Waals surface area contributed by atoms with Gasteiger partial charge in [0.05, 0.1) is 12.2 Å². The minimum atomic E-state index is -0.259. The Balaban J connectivity index is 1.99. The van der Waals surface area contributed by atoms with Crippen molar-refractivity contribution in [1.29, 1.82) is 0 Å². The maximum Gasteiger partial charge on any atom is 0.0807 e. The van der Waals surface area contributed by atoms with Gasteiger partial charge in [-0.2, -0.15) is 0 Å². The summed E-state index contributed by atoms with van der Waals surface area (Å²) in [4.78, 5) is 0. The van der Waals surface area contributed by atoms with Crippen molar-refractivity contribution >= 4 is 0 Å². The number of ether oxygens (including phenoxy) is 1. The summed E-state index contributed by atoms with van der Waals surface area (Å²) in [5, 5.41) is 10.2. The highest BCUT2D eigenvalue weighted by molar-refractivity contribution is 5.33. The second-order valence-electron chi connectivity index (χ2n) is 6.76. The van der Waals surface area contributed by atoms with E-state index in [4.69, 9.17) is 4.74 Å². The summed E-state index contributed by atoms with van der Waals surface area (Å²) < 4.78 is 8.05. The number of aromatic nitrogens is 1. The third-order valence-electron chi connectivity index (χ3n) is 5.34. The van der Waals surface area contributed by atoms with Gasteiger partial charge in [-0.25, -0.2) is 0 Å². The van der Waals surface area contributed by atoms with Gasteiger partial charge < -0.3 is 14.4 Å². The second-order valence-corrected chi connectivity index (χ2v) is 6.76. The first-order valence-corrected chi connectivity index (χ1v) is 7.38. The molecule has 0 spiro atoms. The number of aliphatic hydroxyl groups is 1. The topological polar surface area (TPSA) is 34.4 Å². The SMILES string of the molecule is COC1CC(n2c(C)cc3c2CCCC3O)C1(C)C. The minimum Gasteiger partial charge on any atom is -0.388 e. The number of hydrogen-bond donors (Lipinski definition) is 1. The number of hydrogen-bond acceptors (Lipinski definition) is 2. The number of nitrogens with zero attached hydrogens (tertiary/aromatic N) is 1. The molecule has 0 saturated heterocycles. The fourth-order valence-corrected chi connectivity index (χ4v) is 4.04. The van der Waals surface area contributed by atoms with Gasteiger partial charge in [-0.1, -0.05) is 13.8 Å². The molecule has 106 valence electrons. The van der Waals surface area contributed by atoms with E-state index in [2.05, 4.69) is 31.4 Å². The van der Waals surface area contributed by atoms with Crippen LogP contribution in [0.3, 0.4) is 0 Å². The summed E-state index contributed by atoms with van der Waals surface area (Å²) in [7, 11) is 1.81. The van der Waals surface area contributed by atoms with E-state index in [0.717, 1.165) is 25.7 Å². The number of aliphatic hydroxyl groups excluding tert-OH is 1. The average Bonchev–Trinajstić information content (AvgIpc) is 2.68. The van der Waals surface area contributed by atoms with Crippen LogP contribution in [0.25, 0.3) is 0 Å². The summed E-state index contributed by atoms with van der Waals surface area (Å²) in [5.74, 6) is 0. The molecule has 0 radical (unpaired) electrons. The third kappa shape index (κ3) is 1.78. The van der Waals surface area contributed by atoms with Crippen LogP contribution in [0.4, 0.5) is 0 Å². The first-order valence-electron chi connectivity index (χ1n) is 7.38. The van der Waals surface area contributed by atoms with Crippen LogP contribution in [0.1, 0.15) is 62.2 Å². The van der Waals surface area contributed by atoms with Crippen molar-refractivity contribution < 1.29 is 9.84 Å². The second kappa shape index (κ2) is 4.35. The lowest BCUT2D eigenvalue weighted by atomic mass is 9.64. The summed E-state index contributed by atoms with van der Waals surface area (Å²) in [6.07, 6.45) is 4.28. The molecule has 0 aromatic carbocycles. The molecule has 1 aromatic rings. The lowest BCUT2D eigenvalue weighted by molar-refractivity contribution is -0.113. The largest absolute Gasteiger partial charge is 0.388 e. The number of aryl methyl sites for hydroxylation is 1. The van der Waals surface area contributed by atoms with Crippen molar-refractivity contribution in [3.05, 3.63) is 23.0 Å². The molecule has 3 atom stereocenters. The highest BCUT2D eigenvalue weighted by Crippen LogP contribution is 2.53. The molecular weight excluding hydrogens is 238 g/mol. The average molecular weight is 263 g/mol. The van der Waals surface area contributed by atoms with Crippen LogP contribution >= 0.6 is 0 Å². The van der Waals surface area contributed by atoms with E-state index in [1.165, 1.54) is 17.0 Å². The smallest absolute Gasteiger partial charge is 0.0807 e. The maximum absolute atomic E-state index is 10.2. The molecule has 0 aliphatic heterocycles. The van der Waals surface area contributed by atoms with Crippen molar-refractivity contribution in [3.63, 3.8) is 0 Å². The molecule has 2 aliphatic rings. The van der Waals surface area contributed by atoms with Crippen LogP contribution in [0.5, 0.6) is 0 Å². The predicted octanol–water partition coefficient (Wildman–Crippen LogP) is 3.15. The lowest BCUT2D eigenvalue weighted by Crippen LogP contribution is -2.51. The third-order valence-corrected chi connectivity index (χ3v) is 5.34. The lowest BCUT2D eigenvalue weighted by Gasteiger charge is -2.52. The summed E-state index contributed by atoms with van der Waals surface area (Å²) in [6.45, 7) is 6.75. The van der Waals surface area contributed by atoms with Crippen molar-refractivity contribution in [1.82, 2.24) is 4.57 Å². The van der Waals surface area contributed by atoms with Crippen LogP contribution in [0.2, 0.25) is 0 Å². The van der Waals surface area contributed by atoms with E-state index in [9.17, 15) is 5.11 Å². The van der Waals surface area contributed by atoms with Crippen LogP contribution in [0, 0.1) is 12.3 Å². The Morgan fingerprint density at radius 3 is 2.79 bits per heavy atom. The Morgan fingerprint density at radius 2 is 2.16 bits per heavy atom. The minimum absolute atomic E-state index is 0.175. The van der Waals surface area contributed by atoms with Gasteiger partial charge in [-0.3, -0.25) is 0 Å². The van der Waals surface area contributed by atoms with Crippen molar-refractivity contribution in [2.75, 3.05) is 7.11 Å². The van der Waals surface area contributed by atoms with E-state index in [-0.39, 0.29) is 11.5 Å². The first kappa shape index (κ1) is 13.2. The van der Waals surface area contributed by atoms with E-state index < -0.39 is 0 Å². The number of rotatable bonds is 2. The maximum atomic E-state index is 10.2. The standard InChI is InChI=1S/C16H25NO2/c1-10-8-11-12(6-5-7-13(11)18)17(10)14-9-15(19-4)16(14,2)3/h8,13-15,18H,5-7,9H2,1-4H3. The van der Waals surface area contributed by atoms with Gasteiger partial charge in [-0.15, -0.1) is 0 Å². The molecule has 1 fully saturated rings. The Labute approximate surface area is 115 Å². The Kier molecular flexibility index (Phi) is 3.02. The van der Waals surface area contributed by atoms with Gasteiger partial charge in [0.25, 0.3) is 0 Å². The zero-order chi connectivity index (χ0) is 13.8.